The van der Waals surface area contributed by atoms with Crippen molar-refractivity contribution in [2.24, 2.45) is 0 Å². The number of hydrogen-bond acceptors (Lipinski definition) is 5. The maximum atomic E-state index is 12.4. The summed E-state index contributed by atoms with van der Waals surface area (Å²) in [5.74, 6) is -0.536. The molecule has 8 nitrogen and oxygen atoms in total. The molecule has 0 saturated carbocycles. The Morgan fingerprint density at radius 2 is 1.74 bits per heavy atom. The van der Waals surface area contributed by atoms with Crippen LogP contribution in [0, 0.1) is 0 Å². The number of aromatic nitrogens is 1. The smallest absolute Gasteiger partial charge is 0.253 e. The van der Waals surface area contributed by atoms with Crippen molar-refractivity contribution in [1.29, 1.82) is 0 Å². The van der Waals surface area contributed by atoms with Crippen LogP contribution in [0.25, 0.3) is 0 Å². The molecular formula is C18H22N4O4S. The first-order valence-corrected chi connectivity index (χ1v) is 9.59. The zero-order valence-corrected chi connectivity index (χ0v) is 16.2. The van der Waals surface area contributed by atoms with Gasteiger partial charge in [-0.05, 0) is 29.8 Å². The standard InChI is InChI=1S/C18H22N4O4S/c1-21(2)18(24)15-8-6-14(7-9-15)11-20-17(23)13-22(3)27(25,26)16-5-4-10-19-12-16/h4-10,12H,11,13H2,1-3H3,(H,20,23). The number of nitrogens with zero attached hydrogens (tertiary/aromatic N) is 3. The zero-order valence-electron chi connectivity index (χ0n) is 15.4. The predicted octanol–water partition coefficient (Wildman–Crippen LogP) is 0.720. The normalized spacial score (nSPS) is 11.3. The van der Waals surface area contributed by atoms with Gasteiger partial charge in [-0.2, -0.15) is 4.31 Å². The molecule has 144 valence electrons. The van der Waals surface area contributed by atoms with Crippen LogP contribution in [0.5, 0.6) is 0 Å². The number of nitrogens with one attached hydrogen (secondary N) is 1. The average molecular weight is 390 g/mol. The number of carbonyl (C=O) groups excluding carboxylic acids is 2. The Morgan fingerprint density at radius 1 is 1.07 bits per heavy atom. The van der Waals surface area contributed by atoms with E-state index in [0.717, 1.165) is 9.87 Å². The molecule has 2 amide bonds. The monoisotopic (exact) mass is 390 g/mol. The lowest BCUT2D eigenvalue weighted by Crippen LogP contribution is -2.38. The molecular weight excluding hydrogens is 368 g/mol. The van der Waals surface area contributed by atoms with Crippen molar-refractivity contribution in [2.75, 3.05) is 27.7 Å². The summed E-state index contributed by atoms with van der Waals surface area (Å²) in [5.41, 5.74) is 1.36. The second kappa shape index (κ2) is 8.74. The van der Waals surface area contributed by atoms with E-state index >= 15 is 0 Å². The van der Waals surface area contributed by atoms with Crippen LogP contribution < -0.4 is 5.32 Å². The van der Waals surface area contributed by atoms with Crippen molar-refractivity contribution >= 4 is 21.8 Å². The molecule has 0 atom stereocenters. The fourth-order valence-electron chi connectivity index (χ4n) is 2.25. The van der Waals surface area contributed by atoms with Gasteiger partial charge in [0, 0.05) is 45.6 Å². The van der Waals surface area contributed by atoms with Crippen LogP contribution in [-0.2, 0) is 21.4 Å². The van der Waals surface area contributed by atoms with E-state index in [4.69, 9.17) is 0 Å². The molecule has 0 aliphatic heterocycles. The Hall–Kier alpha value is -2.78. The van der Waals surface area contributed by atoms with Gasteiger partial charge in [0.05, 0.1) is 6.54 Å². The van der Waals surface area contributed by atoms with Crippen molar-refractivity contribution in [3.05, 3.63) is 59.9 Å². The van der Waals surface area contributed by atoms with E-state index in [1.54, 1.807) is 38.4 Å². The molecule has 0 spiro atoms. The summed E-state index contributed by atoms with van der Waals surface area (Å²) in [6.07, 6.45) is 2.71. The van der Waals surface area contributed by atoms with Crippen molar-refractivity contribution in [3.8, 4) is 0 Å². The van der Waals surface area contributed by atoms with E-state index in [1.807, 2.05) is 0 Å². The van der Waals surface area contributed by atoms with Crippen molar-refractivity contribution in [2.45, 2.75) is 11.4 Å². The summed E-state index contributed by atoms with van der Waals surface area (Å²) in [5, 5.41) is 2.67. The van der Waals surface area contributed by atoms with Crippen molar-refractivity contribution in [3.63, 3.8) is 0 Å². The lowest BCUT2D eigenvalue weighted by atomic mass is 10.1. The summed E-state index contributed by atoms with van der Waals surface area (Å²) in [6.45, 7) is -0.0789. The minimum absolute atomic E-state index is 0.0291. The number of likely N-dealkylation sites (N-methyl/N-ethyl adjacent to an activating group) is 1. The van der Waals surface area contributed by atoms with Gasteiger partial charge in [0.1, 0.15) is 4.90 Å². The van der Waals surface area contributed by atoms with E-state index in [1.165, 1.54) is 36.5 Å². The fourth-order valence-corrected chi connectivity index (χ4v) is 3.34. The highest BCUT2D eigenvalue weighted by molar-refractivity contribution is 7.89. The maximum absolute atomic E-state index is 12.4. The van der Waals surface area contributed by atoms with Gasteiger partial charge in [0.15, 0.2) is 0 Å². The highest BCUT2D eigenvalue weighted by atomic mass is 32.2. The van der Waals surface area contributed by atoms with E-state index < -0.39 is 15.9 Å². The first-order chi connectivity index (χ1) is 12.7. The first-order valence-electron chi connectivity index (χ1n) is 8.15. The second-order valence-corrected chi connectivity index (χ2v) is 8.17. The van der Waals surface area contributed by atoms with Crippen LogP contribution in [0.2, 0.25) is 0 Å². The maximum Gasteiger partial charge on any atom is 0.253 e. The van der Waals surface area contributed by atoms with Gasteiger partial charge in [-0.25, -0.2) is 8.42 Å². The predicted molar refractivity (Wildman–Crippen MR) is 100 cm³/mol. The van der Waals surface area contributed by atoms with Crippen LogP contribution >= 0.6 is 0 Å². The molecule has 0 aliphatic carbocycles. The summed E-state index contributed by atoms with van der Waals surface area (Å²) in [7, 11) is 0.911. The molecule has 1 aromatic heterocycles. The molecule has 9 heteroatoms. The van der Waals surface area contributed by atoms with Crippen LogP contribution in [-0.4, -0.2) is 62.1 Å². The first kappa shape index (κ1) is 20.5. The third-order valence-electron chi connectivity index (χ3n) is 3.81. The Morgan fingerprint density at radius 3 is 2.30 bits per heavy atom. The van der Waals surface area contributed by atoms with Gasteiger partial charge in [-0.15, -0.1) is 0 Å². The van der Waals surface area contributed by atoms with Crippen molar-refractivity contribution in [1.82, 2.24) is 19.5 Å². The highest BCUT2D eigenvalue weighted by Gasteiger charge is 2.22. The lowest BCUT2D eigenvalue weighted by Gasteiger charge is -2.16. The highest BCUT2D eigenvalue weighted by Crippen LogP contribution is 2.12. The number of benzene rings is 1. The Balaban J connectivity index is 1.91. The quantitative estimate of drug-likeness (QED) is 0.751. The van der Waals surface area contributed by atoms with Gasteiger partial charge in [-0.1, -0.05) is 12.1 Å². The molecule has 0 saturated heterocycles. The lowest BCUT2D eigenvalue weighted by molar-refractivity contribution is -0.121. The number of hydrogen-bond donors (Lipinski definition) is 1. The molecule has 0 bridgehead atoms. The average Bonchev–Trinajstić information content (AvgIpc) is 2.66. The van der Waals surface area contributed by atoms with Crippen LogP contribution in [0.4, 0.5) is 0 Å². The summed E-state index contributed by atoms with van der Waals surface area (Å²) in [6, 6.07) is 9.80. The molecule has 1 aromatic carbocycles. The largest absolute Gasteiger partial charge is 0.351 e. The molecule has 2 rings (SSSR count). The topological polar surface area (TPSA) is 99.7 Å². The van der Waals surface area contributed by atoms with Crippen LogP contribution in [0.15, 0.2) is 53.7 Å². The van der Waals surface area contributed by atoms with Gasteiger partial charge in [0.2, 0.25) is 15.9 Å². The summed E-state index contributed by atoms with van der Waals surface area (Å²) >= 11 is 0. The van der Waals surface area contributed by atoms with Gasteiger partial charge in [-0.3, -0.25) is 14.6 Å². The molecule has 2 aromatic rings. The van der Waals surface area contributed by atoms with Gasteiger partial charge in [0.25, 0.3) is 5.91 Å². The third kappa shape index (κ3) is 5.35. The van der Waals surface area contributed by atoms with Crippen molar-refractivity contribution < 1.29 is 18.0 Å². The summed E-state index contributed by atoms with van der Waals surface area (Å²) < 4.78 is 25.7. The Bertz CT molecular complexity index is 897. The Labute approximate surface area is 158 Å². The molecule has 0 radical (unpaired) electrons. The van der Waals surface area contributed by atoms with Gasteiger partial charge >= 0.3 is 0 Å². The molecule has 0 fully saturated rings. The van der Waals surface area contributed by atoms with E-state index in [9.17, 15) is 18.0 Å². The van der Waals surface area contributed by atoms with E-state index in [-0.39, 0.29) is 23.9 Å². The number of pyridine rings is 1. The molecule has 1 N–H and O–H groups in total. The van der Waals surface area contributed by atoms with Crippen LogP contribution in [0.3, 0.4) is 0 Å². The minimum Gasteiger partial charge on any atom is -0.351 e. The number of rotatable bonds is 7. The Kier molecular flexibility index (Phi) is 6.65. The molecule has 0 aliphatic rings. The van der Waals surface area contributed by atoms with E-state index in [2.05, 4.69) is 10.3 Å². The number of sulfonamides is 1. The number of amides is 2. The van der Waals surface area contributed by atoms with E-state index in [0.29, 0.717) is 5.56 Å². The minimum atomic E-state index is -3.77. The second-order valence-electron chi connectivity index (χ2n) is 6.12. The third-order valence-corrected chi connectivity index (χ3v) is 5.59. The molecule has 0 unspecified atom stereocenters. The summed E-state index contributed by atoms with van der Waals surface area (Å²) in [4.78, 5) is 29.2. The zero-order chi connectivity index (χ0) is 20.0. The SMILES string of the molecule is CN(C)C(=O)c1ccc(CNC(=O)CN(C)S(=O)(=O)c2cccnc2)cc1. The van der Waals surface area contributed by atoms with Gasteiger partial charge < -0.3 is 10.2 Å². The van der Waals surface area contributed by atoms with Crippen LogP contribution in [0.1, 0.15) is 15.9 Å². The molecule has 27 heavy (non-hydrogen) atoms. The fraction of sp³-hybridized carbons (Fsp3) is 0.278. The molecule has 1 heterocycles. The number of carbonyl (C=O) groups is 2.